The van der Waals surface area contributed by atoms with Crippen molar-refractivity contribution in [3.8, 4) is 5.75 Å². The van der Waals surface area contributed by atoms with Gasteiger partial charge >= 0.3 is 0 Å². The van der Waals surface area contributed by atoms with Crippen molar-refractivity contribution in [3.63, 3.8) is 0 Å². The molecule has 21 heavy (non-hydrogen) atoms. The molecule has 1 N–H and O–H groups in total. The highest BCUT2D eigenvalue weighted by molar-refractivity contribution is 5.31. The lowest BCUT2D eigenvalue weighted by Crippen LogP contribution is -2.19. The fourth-order valence-electron chi connectivity index (χ4n) is 1.96. The van der Waals surface area contributed by atoms with Crippen LogP contribution in [0.15, 0.2) is 24.5 Å². The van der Waals surface area contributed by atoms with E-state index in [1.807, 2.05) is 20.0 Å². The fourth-order valence-corrected chi connectivity index (χ4v) is 1.96. The molecule has 0 saturated carbocycles. The van der Waals surface area contributed by atoms with Crippen molar-refractivity contribution in [1.29, 1.82) is 0 Å². The van der Waals surface area contributed by atoms with Gasteiger partial charge in [-0.15, -0.1) is 10.2 Å². The van der Waals surface area contributed by atoms with Gasteiger partial charge in [0, 0.05) is 13.1 Å². The fraction of sp³-hybridized carbons (Fsp3) is 0.467. The van der Waals surface area contributed by atoms with Gasteiger partial charge in [0.15, 0.2) is 17.4 Å². The average molecular weight is 292 g/mol. The highest BCUT2D eigenvalue weighted by Crippen LogP contribution is 2.22. The second kappa shape index (κ2) is 7.17. The zero-order valence-corrected chi connectivity index (χ0v) is 12.6. The van der Waals surface area contributed by atoms with E-state index in [2.05, 4.69) is 22.4 Å². The summed E-state index contributed by atoms with van der Waals surface area (Å²) in [5, 5.41) is 11.0. The van der Waals surface area contributed by atoms with Crippen LogP contribution >= 0.6 is 0 Å². The Morgan fingerprint density at radius 1 is 1.43 bits per heavy atom. The Kier molecular flexibility index (Phi) is 5.27. The van der Waals surface area contributed by atoms with Gasteiger partial charge in [-0.25, -0.2) is 4.39 Å². The van der Waals surface area contributed by atoms with Crippen LogP contribution < -0.4 is 10.1 Å². The Balaban J connectivity index is 2.00. The van der Waals surface area contributed by atoms with E-state index in [4.69, 9.17) is 4.74 Å². The van der Waals surface area contributed by atoms with Gasteiger partial charge in [0.2, 0.25) is 0 Å². The summed E-state index contributed by atoms with van der Waals surface area (Å²) in [6.07, 6.45) is 2.63. The summed E-state index contributed by atoms with van der Waals surface area (Å²) in [5.74, 6) is 0.515. The van der Waals surface area contributed by atoms with E-state index in [9.17, 15) is 4.39 Å². The molecule has 2 aromatic rings. The lowest BCUT2D eigenvalue weighted by Gasteiger charge is -2.15. The highest BCUT2D eigenvalue weighted by atomic mass is 19.1. The Morgan fingerprint density at radius 3 is 2.86 bits per heavy atom. The zero-order chi connectivity index (χ0) is 15.2. The summed E-state index contributed by atoms with van der Waals surface area (Å²) in [4.78, 5) is 0. The third-order valence-corrected chi connectivity index (χ3v) is 3.32. The van der Waals surface area contributed by atoms with Gasteiger partial charge in [-0.1, -0.05) is 13.0 Å². The van der Waals surface area contributed by atoms with Crippen molar-refractivity contribution in [3.05, 3.63) is 41.7 Å². The molecule has 0 aliphatic heterocycles. The second-order valence-electron chi connectivity index (χ2n) is 5.01. The minimum absolute atomic E-state index is 0.118. The third-order valence-electron chi connectivity index (χ3n) is 3.32. The summed E-state index contributed by atoms with van der Waals surface area (Å²) in [6.45, 7) is 5.22. The summed E-state index contributed by atoms with van der Waals surface area (Å²) in [5.41, 5.74) is 0.909. The molecule has 0 saturated heterocycles. The molecule has 0 amide bonds. The SMILES string of the molecule is CCCNC(C)c1ccc(OCc2nncn2C)c(F)c1. The Morgan fingerprint density at radius 2 is 2.24 bits per heavy atom. The average Bonchev–Trinajstić information content (AvgIpc) is 2.88. The van der Waals surface area contributed by atoms with Gasteiger partial charge < -0.3 is 14.6 Å². The van der Waals surface area contributed by atoms with E-state index in [1.165, 1.54) is 6.07 Å². The summed E-state index contributed by atoms with van der Waals surface area (Å²) in [7, 11) is 1.82. The number of nitrogens with zero attached hydrogens (tertiary/aromatic N) is 3. The predicted molar refractivity (Wildman–Crippen MR) is 78.4 cm³/mol. The number of hydrogen-bond donors (Lipinski definition) is 1. The van der Waals surface area contributed by atoms with Crippen LogP contribution in [0, 0.1) is 5.82 Å². The van der Waals surface area contributed by atoms with Crippen molar-refractivity contribution in [2.45, 2.75) is 32.9 Å². The maximum Gasteiger partial charge on any atom is 0.170 e. The molecule has 1 unspecified atom stereocenters. The summed E-state index contributed by atoms with van der Waals surface area (Å²) < 4.78 is 21.3. The first-order chi connectivity index (χ1) is 10.1. The van der Waals surface area contributed by atoms with Crippen LogP contribution in [0.2, 0.25) is 0 Å². The van der Waals surface area contributed by atoms with Crippen molar-refractivity contribution in [1.82, 2.24) is 20.1 Å². The zero-order valence-electron chi connectivity index (χ0n) is 12.6. The Bertz CT molecular complexity index is 585. The van der Waals surface area contributed by atoms with E-state index in [-0.39, 0.29) is 24.2 Å². The minimum atomic E-state index is -0.361. The first-order valence-corrected chi connectivity index (χ1v) is 7.10. The van der Waals surface area contributed by atoms with Crippen molar-refractivity contribution < 1.29 is 9.13 Å². The number of aromatic nitrogens is 3. The second-order valence-corrected chi connectivity index (χ2v) is 5.01. The van der Waals surface area contributed by atoms with Crippen molar-refractivity contribution in [2.24, 2.45) is 7.05 Å². The maximum atomic E-state index is 14.1. The molecule has 0 spiro atoms. The van der Waals surface area contributed by atoms with E-state index >= 15 is 0 Å². The molecule has 5 nitrogen and oxygen atoms in total. The number of aryl methyl sites for hydroxylation is 1. The van der Waals surface area contributed by atoms with E-state index < -0.39 is 0 Å². The molecular weight excluding hydrogens is 271 g/mol. The molecule has 0 bridgehead atoms. The van der Waals surface area contributed by atoms with E-state index in [0.29, 0.717) is 5.82 Å². The molecule has 0 aliphatic carbocycles. The van der Waals surface area contributed by atoms with Gasteiger partial charge in [-0.05, 0) is 37.6 Å². The normalized spacial score (nSPS) is 12.4. The van der Waals surface area contributed by atoms with Crippen LogP contribution in [0.5, 0.6) is 5.75 Å². The third kappa shape index (κ3) is 4.01. The molecule has 2 rings (SSSR count). The van der Waals surface area contributed by atoms with Crippen LogP contribution in [-0.4, -0.2) is 21.3 Å². The molecular formula is C15H21FN4O. The molecule has 0 fully saturated rings. The number of hydrogen-bond acceptors (Lipinski definition) is 4. The standard InChI is InChI=1S/C15H21FN4O/c1-4-7-17-11(2)12-5-6-14(13(16)8-12)21-9-15-19-18-10-20(15)3/h5-6,8,10-11,17H,4,7,9H2,1-3H3. The molecule has 0 aliphatic rings. The Hall–Kier alpha value is -1.95. The summed E-state index contributed by atoms with van der Waals surface area (Å²) >= 11 is 0. The van der Waals surface area contributed by atoms with E-state index in [0.717, 1.165) is 18.5 Å². The quantitative estimate of drug-likeness (QED) is 0.852. The first kappa shape index (κ1) is 15.4. The van der Waals surface area contributed by atoms with Gasteiger partial charge in [0.25, 0.3) is 0 Å². The minimum Gasteiger partial charge on any atom is -0.483 e. The monoisotopic (exact) mass is 292 g/mol. The largest absolute Gasteiger partial charge is 0.483 e. The molecule has 114 valence electrons. The lowest BCUT2D eigenvalue weighted by atomic mass is 10.1. The number of benzene rings is 1. The van der Waals surface area contributed by atoms with Gasteiger partial charge in [0.1, 0.15) is 12.9 Å². The topological polar surface area (TPSA) is 52.0 Å². The highest BCUT2D eigenvalue weighted by Gasteiger charge is 2.10. The van der Waals surface area contributed by atoms with Gasteiger partial charge in [-0.3, -0.25) is 0 Å². The van der Waals surface area contributed by atoms with Crippen molar-refractivity contribution >= 4 is 0 Å². The maximum absolute atomic E-state index is 14.1. The first-order valence-electron chi connectivity index (χ1n) is 7.10. The van der Waals surface area contributed by atoms with Crippen LogP contribution in [0.1, 0.15) is 37.7 Å². The van der Waals surface area contributed by atoms with Crippen LogP contribution in [-0.2, 0) is 13.7 Å². The van der Waals surface area contributed by atoms with Crippen LogP contribution in [0.25, 0.3) is 0 Å². The molecule has 1 heterocycles. The van der Waals surface area contributed by atoms with Gasteiger partial charge in [-0.2, -0.15) is 0 Å². The van der Waals surface area contributed by atoms with E-state index in [1.54, 1.807) is 17.0 Å². The number of nitrogens with one attached hydrogen (secondary N) is 1. The van der Waals surface area contributed by atoms with Gasteiger partial charge in [0.05, 0.1) is 0 Å². The number of ether oxygens (including phenoxy) is 1. The molecule has 6 heteroatoms. The summed E-state index contributed by atoms with van der Waals surface area (Å²) in [6, 6.07) is 5.17. The van der Waals surface area contributed by atoms with Crippen molar-refractivity contribution in [2.75, 3.05) is 6.54 Å². The Labute approximate surface area is 124 Å². The predicted octanol–water partition coefficient (Wildman–Crippen LogP) is 2.59. The molecule has 1 atom stereocenters. The molecule has 1 aromatic heterocycles. The smallest absolute Gasteiger partial charge is 0.170 e. The number of halogens is 1. The molecule has 1 aromatic carbocycles. The molecule has 0 radical (unpaired) electrons. The lowest BCUT2D eigenvalue weighted by molar-refractivity contribution is 0.276. The van der Waals surface area contributed by atoms with Crippen LogP contribution in [0.3, 0.4) is 0 Å². The van der Waals surface area contributed by atoms with Crippen LogP contribution in [0.4, 0.5) is 4.39 Å². The number of rotatable bonds is 7.